The van der Waals surface area contributed by atoms with Crippen LogP contribution in [0.25, 0.3) is 0 Å². The lowest BCUT2D eigenvalue weighted by Gasteiger charge is -2.14. The fourth-order valence-electron chi connectivity index (χ4n) is 1.03. The van der Waals surface area contributed by atoms with E-state index in [2.05, 4.69) is 30.4 Å². The number of nitrogens with one attached hydrogen (secondary N) is 2. The first kappa shape index (κ1) is 15.3. The maximum absolute atomic E-state index is 11.6. The fourth-order valence-corrected chi connectivity index (χ4v) is 1.55. The molecule has 4 heteroatoms. The second kappa shape index (κ2) is 9.56. The highest BCUT2D eigenvalue weighted by Gasteiger charge is 2.11. The van der Waals surface area contributed by atoms with Crippen LogP contribution < -0.4 is 10.6 Å². The Labute approximate surface area is 103 Å². The quantitative estimate of drug-likeness (QED) is 0.495. The van der Waals surface area contributed by atoms with E-state index in [1.165, 1.54) is 0 Å². The van der Waals surface area contributed by atoms with Gasteiger partial charge in [-0.3, -0.25) is 4.79 Å². The van der Waals surface area contributed by atoms with Crippen molar-refractivity contribution >= 4 is 17.7 Å². The van der Waals surface area contributed by atoms with Gasteiger partial charge in [0.15, 0.2) is 0 Å². The second-order valence-electron chi connectivity index (χ2n) is 4.07. The van der Waals surface area contributed by atoms with Gasteiger partial charge in [-0.1, -0.05) is 19.8 Å². The first-order valence-electron chi connectivity index (χ1n) is 5.60. The van der Waals surface area contributed by atoms with Crippen LogP contribution in [-0.4, -0.2) is 36.5 Å². The van der Waals surface area contributed by atoms with Crippen molar-refractivity contribution < 1.29 is 4.79 Å². The Hall–Kier alpha value is -0.660. The van der Waals surface area contributed by atoms with E-state index in [9.17, 15) is 4.79 Å². The zero-order valence-electron chi connectivity index (χ0n) is 10.4. The first-order chi connectivity index (χ1) is 7.57. The van der Waals surface area contributed by atoms with E-state index in [0.29, 0.717) is 5.92 Å². The Morgan fingerprint density at radius 3 is 2.69 bits per heavy atom. The van der Waals surface area contributed by atoms with Crippen molar-refractivity contribution in [2.45, 2.75) is 26.8 Å². The van der Waals surface area contributed by atoms with Gasteiger partial charge in [-0.2, -0.15) is 0 Å². The molecule has 2 N–H and O–H groups in total. The number of rotatable bonds is 8. The average Bonchev–Trinajstić information content (AvgIpc) is 2.25. The third kappa shape index (κ3) is 8.63. The van der Waals surface area contributed by atoms with E-state index in [1.54, 1.807) is 11.8 Å². The lowest BCUT2D eigenvalue weighted by Crippen LogP contribution is -2.43. The molecule has 16 heavy (non-hydrogen) atoms. The van der Waals surface area contributed by atoms with Crippen molar-refractivity contribution in [2.75, 3.05) is 24.6 Å². The molecule has 92 valence electrons. The van der Waals surface area contributed by atoms with Crippen molar-refractivity contribution in [1.29, 1.82) is 0 Å². The molecule has 1 amide bonds. The molecular weight excluding hydrogens is 220 g/mol. The minimum Gasteiger partial charge on any atom is -0.354 e. The van der Waals surface area contributed by atoms with E-state index in [1.807, 2.05) is 6.92 Å². The predicted octanol–water partition coefficient (Wildman–Crippen LogP) is 1.10. The Morgan fingerprint density at radius 1 is 1.44 bits per heavy atom. The molecule has 0 heterocycles. The molecule has 1 atom stereocenters. The Morgan fingerprint density at radius 2 is 2.12 bits per heavy atom. The lowest BCUT2D eigenvalue weighted by molar-refractivity contribution is -0.122. The Bertz CT molecular complexity index is 236. The van der Waals surface area contributed by atoms with Gasteiger partial charge in [0.05, 0.1) is 11.8 Å². The Balaban J connectivity index is 3.52. The van der Waals surface area contributed by atoms with Crippen molar-refractivity contribution in [3.63, 3.8) is 0 Å². The van der Waals surface area contributed by atoms with Crippen LogP contribution in [0.4, 0.5) is 0 Å². The molecular formula is C12H22N2OS. The molecule has 0 rings (SSSR count). The maximum Gasteiger partial charge on any atom is 0.236 e. The van der Waals surface area contributed by atoms with Gasteiger partial charge < -0.3 is 10.6 Å². The minimum absolute atomic E-state index is 0.0654. The fraction of sp³-hybridized carbons (Fsp3) is 0.750. The average molecular weight is 242 g/mol. The van der Waals surface area contributed by atoms with Crippen molar-refractivity contribution in [3.8, 4) is 12.3 Å². The molecule has 0 aliphatic rings. The summed E-state index contributed by atoms with van der Waals surface area (Å²) in [5, 5.41) is 6.06. The number of carbonyl (C=O) groups is 1. The van der Waals surface area contributed by atoms with Crippen molar-refractivity contribution in [2.24, 2.45) is 5.92 Å². The van der Waals surface area contributed by atoms with Gasteiger partial charge in [-0.15, -0.1) is 18.2 Å². The molecule has 0 saturated carbocycles. The molecule has 0 aromatic rings. The van der Waals surface area contributed by atoms with Gasteiger partial charge in [0.2, 0.25) is 5.91 Å². The van der Waals surface area contributed by atoms with Crippen LogP contribution in [0.1, 0.15) is 20.8 Å². The van der Waals surface area contributed by atoms with E-state index >= 15 is 0 Å². The van der Waals surface area contributed by atoms with Gasteiger partial charge in [0.25, 0.3) is 0 Å². The monoisotopic (exact) mass is 242 g/mol. The third-order valence-electron chi connectivity index (χ3n) is 1.96. The summed E-state index contributed by atoms with van der Waals surface area (Å²) in [5.41, 5.74) is 0. The molecule has 0 aliphatic heterocycles. The molecule has 3 nitrogen and oxygen atoms in total. The molecule has 0 aliphatic carbocycles. The summed E-state index contributed by atoms with van der Waals surface area (Å²) < 4.78 is 0. The lowest BCUT2D eigenvalue weighted by atomic mass is 10.2. The first-order valence-corrected chi connectivity index (χ1v) is 6.75. The van der Waals surface area contributed by atoms with Crippen LogP contribution in [0.2, 0.25) is 0 Å². The molecule has 0 radical (unpaired) electrons. The molecule has 1 unspecified atom stereocenters. The van der Waals surface area contributed by atoms with Crippen LogP contribution in [0.15, 0.2) is 0 Å². The smallest absolute Gasteiger partial charge is 0.236 e. The Kier molecular flexibility index (Phi) is 9.16. The molecule has 0 fully saturated rings. The van der Waals surface area contributed by atoms with E-state index < -0.39 is 0 Å². The summed E-state index contributed by atoms with van der Waals surface area (Å²) >= 11 is 1.69. The van der Waals surface area contributed by atoms with E-state index in [-0.39, 0.29) is 11.9 Å². The summed E-state index contributed by atoms with van der Waals surface area (Å²) in [7, 11) is 0. The zero-order valence-corrected chi connectivity index (χ0v) is 11.2. The largest absolute Gasteiger partial charge is 0.354 e. The topological polar surface area (TPSA) is 41.1 Å². The van der Waals surface area contributed by atoms with Gasteiger partial charge in [-0.05, 0) is 12.8 Å². The van der Waals surface area contributed by atoms with Crippen LogP contribution >= 0.6 is 11.8 Å². The summed E-state index contributed by atoms with van der Waals surface area (Å²) in [4.78, 5) is 11.6. The standard InChI is InChI=1S/C12H22N2OS/c1-5-7-16-8-6-13-11(4)12(15)14-9-10(2)3/h1,10-11,13H,6-9H2,2-4H3,(H,14,15). The number of hydrogen-bond donors (Lipinski definition) is 2. The highest BCUT2D eigenvalue weighted by Crippen LogP contribution is 1.96. The molecule has 0 bridgehead atoms. The van der Waals surface area contributed by atoms with Crippen LogP contribution in [0.3, 0.4) is 0 Å². The zero-order chi connectivity index (χ0) is 12.4. The maximum atomic E-state index is 11.6. The van der Waals surface area contributed by atoms with Crippen molar-refractivity contribution in [1.82, 2.24) is 10.6 Å². The molecule has 0 aromatic carbocycles. The summed E-state index contributed by atoms with van der Waals surface area (Å²) in [6.07, 6.45) is 5.13. The number of amides is 1. The van der Waals surface area contributed by atoms with Gasteiger partial charge in [0, 0.05) is 18.8 Å². The highest BCUT2D eigenvalue weighted by molar-refractivity contribution is 7.99. The van der Waals surface area contributed by atoms with E-state index in [4.69, 9.17) is 6.42 Å². The molecule has 0 aromatic heterocycles. The molecule has 0 saturated heterocycles. The van der Waals surface area contributed by atoms with Gasteiger partial charge >= 0.3 is 0 Å². The second-order valence-corrected chi connectivity index (χ2v) is 5.18. The minimum atomic E-state index is -0.134. The van der Waals surface area contributed by atoms with E-state index in [0.717, 1.165) is 24.6 Å². The molecule has 0 spiro atoms. The number of hydrogen-bond acceptors (Lipinski definition) is 3. The summed E-state index contributed by atoms with van der Waals surface area (Å²) in [6, 6.07) is -0.134. The highest BCUT2D eigenvalue weighted by atomic mass is 32.2. The number of thioether (sulfide) groups is 1. The van der Waals surface area contributed by atoms with Gasteiger partial charge in [0.1, 0.15) is 0 Å². The van der Waals surface area contributed by atoms with Crippen LogP contribution in [-0.2, 0) is 4.79 Å². The number of carbonyl (C=O) groups excluding carboxylic acids is 1. The van der Waals surface area contributed by atoms with Gasteiger partial charge in [-0.25, -0.2) is 0 Å². The third-order valence-corrected chi connectivity index (χ3v) is 2.82. The van der Waals surface area contributed by atoms with Crippen LogP contribution in [0, 0.1) is 18.3 Å². The number of terminal acetylenes is 1. The SMILES string of the molecule is C#CCSCCNC(C)C(=O)NCC(C)C. The summed E-state index contributed by atoms with van der Waals surface area (Å²) in [5.74, 6) is 4.79. The summed E-state index contributed by atoms with van der Waals surface area (Å²) in [6.45, 7) is 7.57. The van der Waals surface area contributed by atoms with Crippen LogP contribution in [0.5, 0.6) is 0 Å². The predicted molar refractivity (Wildman–Crippen MR) is 71.5 cm³/mol. The van der Waals surface area contributed by atoms with Crippen molar-refractivity contribution in [3.05, 3.63) is 0 Å². The normalized spacial score (nSPS) is 12.2.